The fourth-order valence-electron chi connectivity index (χ4n) is 6.24. The highest BCUT2D eigenvalue weighted by atomic mass is 32.2. The number of nitrogens with zero attached hydrogens (tertiary/aromatic N) is 6. The van der Waals surface area contributed by atoms with Crippen molar-refractivity contribution in [2.24, 2.45) is 0 Å². The molecule has 0 unspecified atom stereocenters. The first-order valence-electron chi connectivity index (χ1n) is 16.3. The summed E-state index contributed by atoms with van der Waals surface area (Å²) >= 11 is 0. The number of hydrogen-bond acceptors (Lipinski definition) is 10. The molecule has 1 fully saturated rings. The summed E-state index contributed by atoms with van der Waals surface area (Å²) in [5.41, 5.74) is 0.599. The van der Waals surface area contributed by atoms with E-state index in [1.54, 1.807) is 77.8 Å². The van der Waals surface area contributed by atoms with E-state index in [0.717, 1.165) is 10.1 Å². The molecule has 6 aromatic rings. The molecule has 260 valence electrons. The average Bonchev–Trinajstić information content (AvgIpc) is 3.17. The number of benzene rings is 3. The number of piperazine rings is 1. The van der Waals surface area contributed by atoms with Gasteiger partial charge in [0.2, 0.25) is 10.9 Å². The molecule has 1 atom stereocenters. The largest absolute Gasteiger partial charge is 0.378 e. The van der Waals surface area contributed by atoms with Crippen LogP contribution in [-0.4, -0.2) is 86.2 Å². The van der Waals surface area contributed by atoms with Crippen molar-refractivity contribution in [2.45, 2.75) is 22.5 Å². The van der Waals surface area contributed by atoms with Crippen molar-refractivity contribution in [3.63, 3.8) is 0 Å². The normalized spacial score (nSPS) is 14.5. The summed E-state index contributed by atoms with van der Waals surface area (Å²) in [5.74, 6) is 0.498. The third-order valence-corrected chi connectivity index (χ3v) is 12.0. The van der Waals surface area contributed by atoms with Crippen LogP contribution >= 0.6 is 0 Å². The minimum absolute atomic E-state index is 0.0116. The number of anilines is 1. The van der Waals surface area contributed by atoms with E-state index < -0.39 is 26.2 Å². The number of amides is 1. The Bertz CT molecular complexity index is 2410. The molecule has 0 aliphatic carbocycles. The number of rotatable bonds is 10. The van der Waals surface area contributed by atoms with E-state index in [9.17, 15) is 21.6 Å². The third kappa shape index (κ3) is 6.98. The zero-order valence-electron chi connectivity index (χ0n) is 27.6. The molecular weight excluding hydrogens is 689 g/mol. The molecule has 3 aromatic heterocycles. The van der Waals surface area contributed by atoms with Gasteiger partial charge in [0.15, 0.2) is 5.03 Å². The van der Waals surface area contributed by atoms with Crippen LogP contribution in [0.25, 0.3) is 21.5 Å². The highest BCUT2D eigenvalue weighted by Crippen LogP contribution is 2.28. The van der Waals surface area contributed by atoms with Gasteiger partial charge in [-0.2, -0.15) is 12.7 Å². The Morgan fingerprint density at radius 2 is 1.29 bits per heavy atom. The van der Waals surface area contributed by atoms with Crippen LogP contribution in [0.15, 0.2) is 132 Å². The van der Waals surface area contributed by atoms with Crippen molar-refractivity contribution in [1.29, 1.82) is 0 Å². The smallest absolute Gasteiger partial charge is 0.357 e. The molecular formula is C37H34N6O6S2. The Morgan fingerprint density at radius 3 is 1.92 bits per heavy atom. The molecule has 1 amide bonds. The SMILES string of the molecule is CN([C@@H](Cc1ccc(OS(=O)(=O)c2nccc3ccccc23)cc1)C(=O)N1CCN(c2ccccn2)CC1)S(=O)(=O)c1nccc2ccccc12. The van der Waals surface area contributed by atoms with Gasteiger partial charge in [-0.25, -0.2) is 23.4 Å². The first-order valence-corrected chi connectivity index (χ1v) is 19.1. The Balaban J connectivity index is 1.16. The summed E-state index contributed by atoms with van der Waals surface area (Å²) in [6.45, 7) is 1.81. The van der Waals surface area contributed by atoms with Crippen LogP contribution in [0.1, 0.15) is 5.56 Å². The van der Waals surface area contributed by atoms with Crippen molar-refractivity contribution in [3.8, 4) is 5.75 Å². The van der Waals surface area contributed by atoms with Crippen LogP contribution in [0.2, 0.25) is 0 Å². The zero-order chi connectivity index (χ0) is 35.6. The van der Waals surface area contributed by atoms with Crippen molar-refractivity contribution < 1.29 is 25.8 Å². The first-order chi connectivity index (χ1) is 24.6. The minimum Gasteiger partial charge on any atom is -0.378 e. The van der Waals surface area contributed by atoms with Crippen molar-refractivity contribution in [3.05, 3.63) is 127 Å². The molecule has 51 heavy (non-hydrogen) atoms. The topological polar surface area (TPSA) is 143 Å². The molecule has 0 saturated carbocycles. The molecule has 1 saturated heterocycles. The number of hydrogen-bond donors (Lipinski definition) is 0. The number of carbonyl (C=O) groups is 1. The molecule has 1 aliphatic heterocycles. The lowest BCUT2D eigenvalue weighted by Gasteiger charge is -2.38. The maximum Gasteiger partial charge on any atom is 0.357 e. The maximum absolute atomic E-state index is 14.3. The van der Waals surface area contributed by atoms with Crippen LogP contribution in [-0.2, 0) is 31.4 Å². The second-order valence-corrected chi connectivity index (χ2v) is 15.5. The number of aromatic nitrogens is 3. The van der Waals surface area contributed by atoms with Gasteiger partial charge in [0.05, 0.1) is 0 Å². The number of pyridine rings is 3. The summed E-state index contributed by atoms with van der Waals surface area (Å²) in [6, 6.07) is 28.2. The van der Waals surface area contributed by atoms with Gasteiger partial charge in [0.25, 0.3) is 10.0 Å². The van der Waals surface area contributed by atoms with Gasteiger partial charge >= 0.3 is 10.1 Å². The lowest BCUT2D eigenvalue weighted by atomic mass is 10.0. The Morgan fingerprint density at radius 1 is 0.706 bits per heavy atom. The van der Waals surface area contributed by atoms with Gasteiger partial charge in [-0.3, -0.25) is 4.79 Å². The molecule has 0 N–H and O–H groups in total. The van der Waals surface area contributed by atoms with Gasteiger partial charge in [-0.05, 0) is 59.2 Å². The molecule has 7 rings (SSSR count). The predicted octanol–water partition coefficient (Wildman–Crippen LogP) is 4.53. The Kier molecular flexibility index (Phi) is 9.38. The molecule has 0 bridgehead atoms. The highest BCUT2D eigenvalue weighted by molar-refractivity contribution is 7.89. The highest BCUT2D eigenvalue weighted by Gasteiger charge is 2.38. The second-order valence-electron chi connectivity index (χ2n) is 12.1. The summed E-state index contributed by atoms with van der Waals surface area (Å²) in [6.07, 6.45) is 4.58. The van der Waals surface area contributed by atoms with E-state index in [2.05, 4.69) is 19.9 Å². The number of sulfonamides is 1. The Hall–Kier alpha value is -5.44. The van der Waals surface area contributed by atoms with Crippen LogP contribution in [0, 0.1) is 0 Å². The summed E-state index contributed by atoms with van der Waals surface area (Å²) in [5, 5.41) is 1.95. The Labute approximate surface area is 296 Å². The second kappa shape index (κ2) is 14.1. The fraction of sp³-hybridized carbons (Fsp3) is 0.189. The maximum atomic E-state index is 14.3. The van der Waals surface area contributed by atoms with E-state index in [-0.39, 0.29) is 28.1 Å². The average molecular weight is 723 g/mol. The van der Waals surface area contributed by atoms with E-state index in [4.69, 9.17) is 4.18 Å². The number of carbonyl (C=O) groups excluding carboxylic acids is 1. The molecule has 4 heterocycles. The molecule has 3 aromatic carbocycles. The summed E-state index contributed by atoms with van der Waals surface area (Å²) in [7, 11) is -7.15. The van der Waals surface area contributed by atoms with E-state index in [1.807, 2.05) is 24.3 Å². The lowest BCUT2D eigenvalue weighted by molar-refractivity contribution is -0.135. The fourth-order valence-corrected chi connectivity index (χ4v) is 8.76. The van der Waals surface area contributed by atoms with Gasteiger partial charge in [0, 0.05) is 62.6 Å². The molecule has 12 nitrogen and oxygen atoms in total. The first kappa shape index (κ1) is 34.0. The van der Waals surface area contributed by atoms with Gasteiger partial charge < -0.3 is 14.0 Å². The van der Waals surface area contributed by atoms with E-state index >= 15 is 0 Å². The predicted molar refractivity (Wildman–Crippen MR) is 193 cm³/mol. The quantitative estimate of drug-likeness (QED) is 0.185. The van der Waals surface area contributed by atoms with Crippen LogP contribution in [0.3, 0.4) is 0 Å². The monoisotopic (exact) mass is 722 g/mol. The molecule has 1 aliphatic rings. The summed E-state index contributed by atoms with van der Waals surface area (Å²) < 4.78 is 61.5. The van der Waals surface area contributed by atoms with Crippen molar-refractivity contribution in [2.75, 3.05) is 38.1 Å². The summed E-state index contributed by atoms with van der Waals surface area (Å²) in [4.78, 5) is 30.8. The van der Waals surface area contributed by atoms with Gasteiger partial charge in [-0.1, -0.05) is 66.7 Å². The standard InChI is InChI=1S/C37H34N6O6S2/c1-41(50(45,46)35-31-10-4-2-8-28(31)17-20-39-35)33(37(44)43-24-22-42(23-25-43)34-12-6-7-19-38-34)26-27-13-15-30(16-14-27)49-51(47,48)36-32-11-5-3-9-29(32)18-21-40-36/h2-21,33H,22-26H2,1H3/t33-/m0/s1. The number of likely N-dealkylation sites (N-methyl/N-ethyl adjacent to an activating group) is 1. The van der Waals surface area contributed by atoms with E-state index in [0.29, 0.717) is 53.3 Å². The van der Waals surface area contributed by atoms with Crippen LogP contribution < -0.4 is 9.08 Å². The van der Waals surface area contributed by atoms with Crippen molar-refractivity contribution in [1.82, 2.24) is 24.2 Å². The van der Waals surface area contributed by atoms with Gasteiger partial charge in [-0.15, -0.1) is 0 Å². The number of fused-ring (bicyclic) bond motifs is 2. The van der Waals surface area contributed by atoms with Crippen LogP contribution in [0.5, 0.6) is 5.75 Å². The third-order valence-electron chi connectivity index (χ3n) is 8.98. The van der Waals surface area contributed by atoms with E-state index in [1.165, 1.54) is 31.6 Å². The van der Waals surface area contributed by atoms with Crippen LogP contribution in [0.4, 0.5) is 5.82 Å². The molecule has 0 radical (unpaired) electrons. The zero-order valence-corrected chi connectivity index (χ0v) is 29.2. The minimum atomic E-state index is -4.28. The lowest BCUT2D eigenvalue weighted by Crippen LogP contribution is -2.56. The van der Waals surface area contributed by atoms with Gasteiger partial charge in [0.1, 0.15) is 17.6 Å². The molecule has 0 spiro atoms. The van der Waals surface area contributed by atoms with Crippen molar-refractivity contribution >= 4 is 53.4 Å². The molecule has 14 heteroatoms.